The van der Waals surface area contributed by atoms with Gasteiger partial charge in [-0.25, -0.2) is 0 Å². The minimum Gasteiger partial charge on any atom is -0.397 e. The molecule has 2 rings (SSSR count). The van der Waals surface area contributed by atoms with Crippen LogP contribution in [-0.4, -0.2) is 55.5 Å². The molecule has 0 bridgehead atoms. The van der Waals surface area contributed by atoms with E-state index in [1.54, 1.807) is 6.07 Å². The number of hydrogen-bond donors (Lipinski definition) is 2. The third-order valence-corrected chi connectivity index (χ3v) is 4.09. The molecule has 1 aliphatic heterocycles. The summed E-state index contributed by atoms with van der Waals surface area (Å²) in [7, 11) is 4.26. The molecule has 116 valence electrons. The number of nitrogen functional groups attached to an aromatic ring is 1. The lowest BCUT2D eigenvalue weighted by atomic mass is 10.2. The zero-order chi connectivity index (χ0) is 15.2. The van der Waals surface area contributed by atoms with Crippen LogP contribution in [0.25, 0.3) is 0 Å². The Morgan fingerprint density at radius 1 is 1.43 bits per heavy atom. The van der Waals surface area contributed by atoms with Crippen molar-refractivity contribution in [1.82, 2.24) is 9.80 Å². The highest BCUT2D eigenvalue weighted by Crippen LogP contribution is 2.17. The van der Waals surface area contributed by atoms with Gasteiger partial charge in [0.2, 0.25) is 5.91 Å². The van der Waals surface area contributed by atoms with E-state index in [9.17, 15) is 4.79 Å². The summed E-state index contributed by atoms with van der Waals surface area (Å²) >= 11 is 0. The Morgan fingerprint density at radius 2 is 2.19 bits per heavy atom. The Hall–Kier alpha value is -1.59. The Labute approximate surface area is 127 Å². The van der Waals surface area contributed by atoms with Gasteiger partial charge in [-0.2, -0.15) is 0 Å². The maximum atomic E-state index is 11.9. The molecule has 1 heterocycles. The summed E-state index contributed by atoms with van der Waals surface area (Å²) in [4.78, 5) is 16.6. The molecular weight excluding hydrogens is 264 g/mol. The minimum absolute atomic E-state index is 0.0382. The summed E-state index contributed by atoms with van der Waals surface area (Å²) < 4.78 is 0. The second kappa shape index (κ2) is 7.43. The van der Waals surface area contributed by atoms with Gasteiger partial charge in [0.25, 0.3) is 0 Å². The first kappa shape index (κ1) is 15.8. The number of benzene rings is 1. The second-order valence-corrected chi connectivity index (χ2v) is 5.95. The van der Waals surface area contributed by atoms with Gasteiger partial charge in [-0.3, -0.25) is 4.79 Å². The number of carbonyl (C=O) groups is 1. The summed E-state index contributed by atoms with van der Waals surface area (Å²) in [6.45, 7) is 3.23. The number of likely N-dealkylation sites (N-methyl/N-ethyl adjacent to an activating group) is 1. The highest BCUT2D eigenvalue weighted by Gasteiger charge is 2.23. The molecule has 1 aliphatic rings. The van der Waals surface area contributed by atoms with Crippen LogP contribution >= 0.6 is 0 Å². The maximum absolute atomic E-state index is 11.9. The first-order valence-electron chi connectivity index (χ1n) is 7.59. The largest absolute Gasteiger partial charge is 0.397 e. The van der Waals surface area contributed by atoms with Crippen LogP contribution in [0.4, 0.5) is 11.4 Å². The van der Waals surface area contributed by atoms with Gasteiger partial charge in [0.15, 0.2) is 0 Å². The molecule has 1 amide bonds. The van der Waals surface area contributed by atoms with Crippen LogP contribution in [-0.2, 0) is 4.79 Å². The highest BCUT2D eigenvalue weighted by atomic mass is 16.1. The Balaban J connectivity index is 1.67. The van der Waals surface area contributed by atoms with Crippen molar-refractivity contribution in [3.63, 3.8) is 0 Å². The average molecular weight is 290 g/mol. The Bertz CT molecular complexity index is 475. The summed E-state index contributed by atoms with van der Waals surface area (Å²) in [6, 6.07) is 8.01. The number of rotatable bonds is 6. The normalized spacial score (nSPS) is 19.1. The molecule has 0 radical (unpaired) electrons. The van der Waals surface area contributed by atoms with Crippen molar-refractivity contribution in [2.24, 2.45) is 0 Å². The van der Waals surface area contributed by atoms with Crippen molar-refractivity contribution >= 4 is 17.3 Å². The van der Waals surface area contributed by atoms with Gasteiger partial charge >= 0.3 is 0 Å². The molecule has 1 saturated heterocycles. The van der Waals surface area contributed by atoms with Crippen molar-refractivity contribution in [1.29, 1.82) is 0 Å². The van der Waals surface area contributed by atoms with Crippen molar-refractivity contribution in [3.05, 3.63) is 24.3 Å². The van der Waals surface area contributed by atoms with Crippen molar-refractivity contribution in [2.45, 2.75) is 25.3 Å². The monoisotopic (exact) mass is 290 g/mol. The standard InChI is InChI=1S/C16H26N4O/c1-19(2)13-9-11-20(12-13)10-5-8-16(21)18-15-7-4-3-6-14(15)17/h3-4,6-7,13H,5,8-12,17H2,1-2H3,(H,18,21). The van der Waals surface area contributed by atoms with E-state index in [1.165, 1.54) is 6.42 Å². The maximum Gasteiger partial charge on any atom is 0.224 e. The number of amides is 1. The number of nitrogens with one attached hydrogen (secondary N) is 1. The topological polar surface area (TPSA) is 61.6 Å². The second-order valence-electron chi connectivity index (χ2n) is 5.95. The average Bonchev–Trinajstić information content (AvgIpc) is 2.90. The van der Waals surface area contributed by atoms with Crippen LogP contribution in [0.3, 0.4) is 0 Å². The predicted octanol–water partition coefficient (Wildman–Crippen LogP) is 1.62. The van der Waals surface area contributed by atoms with E-state index in [4.69, 9.17) is 5.73 Å². The number of hydrogen-bond acceptors (Lipinski definition) is 4. The molecule has 1 atom stereocenters. The van der Waals surface area contributed by atoms with Gasteiger partial charge in [0.1, 0.15) is 0 Å². The fourth-order valence-corrected chi connectivity index (χ4v) is 2.72. The van der Waals surface area contributed by atoms with E-state index in [1.807, 2.05) is 18.2 Å². The first-order chi connectivity index (χ1) is 10.1. The molecule has 0 aromatic heterocycles. The van der Waals surface area contributed by atoms with Crippen molar-refractivity contribution < 1.29 is 4.79 Å². The van der Waals surface area contributed by atoms with Gasteiger partial charge in [0.05, 0.1) is 11.4 Å². The third kappa shape index (κ3) is 4.72. The molecule has 1 fully saturated rings. The van der Waals surface area contributed by atoms with E-state index in [-0.39, 0.29) is 5.91 Å². The van der Waals surface area contributed by atoms with Gasteiger partial charge < -0.3 is 20.9 Å². The zero-order valence-electron chi connectivity index (χ0n) is 13.0. The van der Waals surface area contributed by atoms with Crippen LogP contribution in [0.1, 0.15) is 19.3 Å². The minimum atomic E-state index is 0.0382. The van der Waals surface area contributed by atoms with Crippen LogP contribution in [0.15, 0.2) is 24.3 Å². The molecular formula is C16H26N4O. The summed E-state index contributed by atoms with van der Waals surface area (Å²) in [5, 5.41) is 2.87. The zero-order valence-corrected chi connectivity index (χ0v) is 13.0. The van der Waals surface area contributed by atoms with E-state index < -0.39 is 0 Å². The fourth-order valence-electron chi connectivity index (χ4n) is 2.72. The van der Waals surface area contributed by atoms with Crippen molar-refractivity contribution in [2.75, 3.05) is 44.8 Å². The van der Waals surface area contributed by atoms with Crippen LogP contribution in [0.2, 0.25) is 0 Å². The van der Waals surface area contributed by atoms with Crippen molar-refractivity contribution in [3.8, 4) is 0 Å². The molecule has 1 aromatic rings. The molecule has 0 aliphatic carbocycles. The van der Waals surface area contributed by atoms with Crippen LogP contribution in [0.5, 0.6) is 0 Å². The summed E-state index contributed by atoms with van der Waals surface area (Å²) in [6.07, 6.45) is 2.65. The van der Waals surface area contributed by atoms with Crippen LogP contribution in [0, 0.1) is 0 Å². The molecule has 1 aromatic carbocycles. The van der Waals surface area contributed by atoms with E-state index >= 15 is 0 Å². The molecule has 21 heavy (non-hydrogen) atoms. The van der Waals surface area contributed by atoms with E-state index in [0.717, 1.165) is 26.1 Å². The Morgan fingerprint density at radius 3 is 2.86 bits per heavy atom. The molecule has 5 nitrogen and oxygen atoms in total. The molecule has 1 unspecified atom stereocenters. The number of carbonyl (C=O) groups excluding carboxylic acids is 1. The lowest BCUT2D eigenvalue weighted by Gasteiger charge is -2.20. The quantitative estimate of drug-likeness (QED) is 0.782. The number of anilines is 2. The van der Waals surface area contributed by atoms with E-state index in [0.29, 0.717) is 23.8 Å². The van der Waals surface area contributed by atoms with Gasteiger partial charge in [-0.15, -0.1) is 0 Å². The molecule has 0 spiro atoms. The lowest BCUT2D eigenvalue weighted by Crippen LogP contribution is -2.32. The third-order valence-electron chi connectivity index (χ3n) is 4.09. The van der Waals surface area contributed by atoms with Gasteiger partial charge in [-0.05, 0) is 52.2 Å². The predicted molar refractivity (Wildman–Crippen MR) is 87.3 cm³/mol. The smallest absolute Gasteiger partial charge is 0.224 e. The number of nitrogens with two attached hydrogens (primary N) is 1. The highest BCUT2D eigenvalue weighted by molar-refractivity contribution is 5.93. The summed E-state index contributed by atoms with van der Waals surface area (Å²) in [5.74, 6) is 0.0382. The molecule has 5 heteroatoms. The number of para-hydroxylation sites is 2. The SMILES string of the molecule is CN(C)C1CCN(CCCC(=O)Nc2ccccc2N)C1. The Kier molecular flexibility index (Phi) is 5.59. The van der Waals surface area contributed by atoms with E-state index in [2.05, 4.69) is 29.2 Å². The number of likely N-dealkylation sites (tertiary alicyclic amines) is 1. The molecule has 3 N–H and O–H groups in total. The van der Waals surface area contributed by atoms with Gasteiger partial charge in [0, 0.05) is 19.0 Å². The fraction of sp³-hybridized carbons (Fsp3) is 0.562. The van der Waals surface area contributed by atoms with Crippen LogP contribution < -0.4 is 11.1 Å². The lowest BCUT2D eigenvalue weighted by molar-refractivity contribution is -0.116. The number of nitrogens with zero attached hydrogens (tertiary/aromatic N) is 2. The van der Waals surface area contributed by atoms with Gasteiger partial charge in [-0.1, -0.05) is 12.1 Å². The summed E-state index contributed by atoms with van der Waals surface area (Å²) in [5.41, 5.74) is 7.13. The molecule has 0 saturated carbocycles. The first-order valence-corrected chi connectivity index (χ1v) is 7.59.